The number of carboxylic acids is 1. The van der Waals surface area contributed by atoms with Gasteiger partial charge in [0.1, 0.15) is 0 Å². The van der Waals surface area contributed by atoms with Gasteiger partial charge in [-0.2, -0.15) is 0 Å². The smallest absolute Gasteiger partial charge is 0.310 e. The summed E-state index contributed by atoms with van der Waals surface area (Å²) >= 11 is 0. The minimum atomic E-state index is -0.711. The Morgan fingerprint density at radius 3 is 2.64 bits per heavy atom. The van der Waals surface area contributed by atoms with Crippen LogP contribution < -0.4 is 5.32 Å². The Hall–Kier alpha value is -0.570. The van der Waals surface area contributed by atoms with E-state index in [1.807, 2.05) is 0 Å². The zero-order valence-corrected chi connectivity index (χ0v) is 7.05. The van der Waals surface area contributed by atoms with Gasteiger partial charge in [-0.3, -0.25) is 4.79 Å². The van der Waals surface area contributed by atoms with E-state index in [1.165, 1.54) is 0 Å². The zero-order chi connectivity index (χ0) is 8.48. The molecule has 64 valence electrons. The average Bonchev–Trinajstić information content (AvgIpc) is 2.37. The van der Waals surface area contributed by atoms with E-state index >= 15 is 0 Å². The molecule has 1 aliphatic rings. The molecule has 1 saturated heterocycles. The highest BCUT2D eigenvalue weighted by molar-refractivity contribution is 5.74. The third-order valence-electron chi connectivity index (χ3n) is 2.48. The minimum Gasteiger partial charge on any atom is -0.481 e. The summed E-state index contributed by atoms with van der Waals surface area (Å²) in [5.74, 6) is -0.711. The second kappa shape index (κ2) is 2.81. The first-order valence-electron chi connectivity index (χ1n) is 4.02. The van der Waals surface area contributed by atoms with Gasteiger partial charge in [-0.1, -0.05) is 0 Å². The summed E-state index contributed by atoms with van der Waals surface area (Å²) in [6.45, 7) is 4.51. The topological polar surface area (TPSA) is 49.3 Å². The first kappa shape index (κ1) is 8.53. The Morgan fingerprint density at radius 2 is 2.27 bits per heavy atom. The van der Waals surface area contributed by atoms with Gasteiger partial charge in [0.15, 0.2) is 0 Å². The van der Waals surface area contributed by atoms with Crippen molar-refractivity contribution in [2.24, 2.45) is 5.41 Å². The quantitative estimate of drug-likeness (QED) is 0.624. The fourth-order valence-corrected chi connectivity index (χ4v) is 1.45. The molecule has 1 atom stereocenters. The molecule has 1 rings (SSSR count). The van der Waals surface area contributed by atoms with Crippen molar-refractivity contribution in [2.75, 3.05) is 6.54 Å². The number of aliphatic carboxylic acids is 1. The molecule has 0 aromatic rings. The highest BCUT2D eigenvalue weighted by Gasteiger charge is 2.37. The molecule has 3 nitrogen and oxygen atoms in total. The molecular weight excluding hydrogens is 142 g/mol. The maximum Gasteiger partial charge on any atom is 0.310 e. The summed E-state index contributed by atoms with van der Waals surface area (Å²) in [6, 6.07) is 0.153. The predicted octanol–water partition coefficient (Wildman–Crippen LogP) is 0.849. The molecule has 0 spiro atoms. The number of carboxylic acid groups (broad SMARTS) is 1. The number of carbonyl (C=O) groups is 1. The maximum absolute atomic E-state index is 10.8. The third kappa shape index (κ3) is 1.53. The molecule has 0 bridgehead atoms. The molecule has 2 N–H and O–H groups in total. The number of rotatable bonds is 2. The fraction of sp³-hybridized carbons (Fsp3) is 0.875. The molecule has 0 aliphatic carbocycles. The van der Waals surface area contributed by atoms with Crippen molar-refractivity contribution in [3.05, 3.63) is 0 Å². The Kier molecular flexibility index (Phi) is 2.18. The van der Waals surface area contributed by atoms with Gasteiger partial charge in [0.2, 0.25) is 0 Å². The van der Waals surface area contributed by atoms with E-state index < -0.39 is 11.4 Å². The molecule has 11 heavy (non-hydrogen) atoms. The molecular formula is C8H15NO2. The van der Waals surface area contributed by atoms with Gasteiger partial charge in [0, 0.05) is 6.04 Å². The highest BCUT2D eigenvalue weighted by atomic mass is 16.4. The molecule has 0 unspecified atom stereocenters. The van der Waals surface area contributed by atoms with E-state index in [0.29, 0.717) is 0 Å². The van der Waals surface area contributed by atoms with Crippen LogP contribution in [0.5, 0.6) is 0 Å². The first-order valence-corrected chi connectivity index (χ1v) is 4.02. The van der Waals surface area contributed by atoms with E-state index in [9.17, 15) is 4.79 Å². The Bertz CT molecular complexity index is 159. The summed E-state index contributed by atoms with van der Waals surface area (Å²) in [7, 11) is 0. The fourth-order valence-electron chi connectivity index (χ4n) is 1.45. The van der Waals surface area contributed by atoms with E-state index in [-0.39, 0.29) is 6.04 Å². The largest absolute Gasteiger partial charge is 0.481 e. The van der Waals surface area contributed by atoms with Crippen molar-refractivity contribution in [1.29, 1.82) is 0 Å². The maximum atomic E-state index is 10.8. The predicted molar refractivity (Wildman–Crippen MR) is 42.4 cm³/mol. The van der Waals surface area contributed by atoms with Gasteiger partial charge >= 0.3 is 5.97 Å². The first-order chi connectivity index (χ1) is 5.05. The molecule has 0 aromatic heterocycles. The van der Waals surface area contributed by atoms with Crippen LogP contribution in [0, 0.1) is 5.41 Å². The molecule has 1 heterocycles. The summed E-state index contributed by atoms with van der Waals surface area (Å²) in [5, 5.41) is 12.1. The Morgan fingerprint density at radius 1 is 1.64 bits per heavy atom. The van der Waals surface area contributed by atoms with E-state index in [2.05, 4.69) is 5.32 Å². The second-order valence-electron chi connectivity index (χ2n) is 3.68. The van der Waals surface area contributed by atoms with E-state index in [4.69, 9.17) is 5.11 Å². The zero-order valence-electron chi connectivity index (χ0n) is 7.05. The summed E-state index contributed by atoms with van der Waals surface area (Å²) in [6.07, 6.45) is 2.08. The lowest BCUT2D eigenvalue weighted by Gasteiger charge is -2.26. The van der Waals surface area contributed by atoms with Crippen molar-refractivity contribution in [3.8, 4) is 0 Å². The van der Waals surface area contributed by atoms with E-state index in [0.717, 1.165) is 19.4 Å². The number of hydrogen-bond acceptors (Lipinski definition) is 2. The number of nitrogens with one attached hydrogen (secondary N) is 1. The van der Waals surface area contributed by atoms with Crippen molar-refractivity contribution in [3.63, 3.8) is 0 Å². The van der Waals surface area contributed by atoms with Gasteiger partial charge in [0.25, 0.3) is 0 Å². The van der Waals surface area contributed by atoms with Gasteiger partial charge in [-0.25, -0.2) is 0 Å². The van der Waals surface area contributed by atoms with Crippen LogP contribution in [-0.2, 0) is 4.79 Å². The lowest BCUT2D eigenvalue weighted by molar-refractivity contribution is -0.148. The minimum absolute atomic E-state index is 0.153. The molecule has 0 saturated carbocycles. The summed E-state index contributed by atoms with van der Waals surface area (Å²) in [4.78, 5) is 10.8. The lowest BCUT2D eigenvalue weighted by Crippen LogP contribution is -2.42. The lowest BCUT2D eigenvalue weighted by atomic mass is 9.84. The molecule has 0 radical (unpaired) electrons. The second-order valence-corrected chi connectivity index (χ2v) is 3.68. The molecule has 1 aliphatic heterocycles. The van der Waals surface area contributed by atoms with Gasteiger partial charge < -0.3 is 10.4 Å². The SMILES string of the molecule is CC(C)(C(=O)O)[C@H]1CCCN1. The van der Waals surface area contributed by atoms with Crippen molar-refractivity contribution in [2.45, 2.75) is 32.7 Å². The molecule has 0 aromatic carbocycles. The molecule has 1 fully saturated rings. The summed E-state index contributed by atoms with van der Waals surface area (Å²) in [5.41, 5.74) is -0.615. The third-order valence-corrected chi connectivity index (χ3v) is 2.48. The normalized spacial score (nSPS) is 25.5. The van der Waals surface area contributed by atoms with Crippen molar-refractivity contribution >= 4 is 5.97 Å². The van der Waals surface area contributed by atoms with Crippen molar-refractivity contribution < 1.29 is 9.90 Å². The van der Waals surface area contributed by atoms with Crippen LogP contribution in [0.1, 0.15) is 26.7 Å². The van der Waals surface area contributed by atoms with E-state index in [1.54, 1.807) is 13.8 Å². The van der Waals surface area contributed by atoms with Crippen LogP contribution >= 0.6 is 0 Å². The average molecular weight is 157 g/mol. The van der Waals surface area contributed by atoms with Crippen LogP contribution in [0.15, 0.2) is 0 Å². The number of hydrogen-bond donors (Lipinski definition) is 2. The van der Waals surface area contributed by atoms with Crippen LogP contribution in [0.2, 0.25) is 0 Å². The van der Waals surface area contributed by atoms with Gasteiger partial charge in [-0.15, -0.1) is 0 Å². The van der Waals surface area contributed by atoms with Gasteiger partial charge in [-0.05, 0) is 33.2 Å². The van der Waals surface area contributed by atoms with Crippen LogP contribution in [0.25, 0.3) is 0 Å². The summed E-state index contributed by atoms with van der Waals surface area (Å²) < 4.78 is 0. The molecule has 3 heteroatoms. The standard InChI is InChI=1S/C8H15NO2/c1-8(2,7(10)11)6-4-3-5-9-6/h6,9H,3-5H2,1-2H3,(H,10,11)/t6-/m1/s1. The Labute approximate surface area is 66.8 Å². The van der Waals surface area contributed by atoms with Crippen LogP contribution in [-0.4, -0.2) is 23.7 Å². The molecule has 0 amide bonds. The highest BCUT2D eigenvalue weighted by Crippen LogP contribution is 2.26. The van der Waals surface area contributed by atoms with Crippen molar-refractivity contribution in [1.82, 2.24) is 5.32 Å². The van der Waals surface area contributed by atoms with Gasteiger partial charge in [0.05, 0.1) is 5.41 Å². The van der Waals surface area contributed by atoms with Crippen LogP contribution in [0.3, 0.4) is 0 Å². The Balaban J connectivity index is 2.62. The monoisotopic (exact) mass is 157 g/mol. The van der Waals surface area contributed by atoms with Crippen LogP contribution in [0.4, 0.5) is 0 Å².